The van der Waals surface area contributed by atoms with Gasteiger partial charge in [0, 0.05) is 19.3 Å². The number of hydrogen-bond acceptors (Lipinski definition) is 3. The van der Waals surface area contributed by atoms with Crippen LogP contribution in [0.3, 0.4) is 0 Å². The van der Waals surface area contributed by atoms with E-state index in [1.54, 1.807) is 0 Å². The molecule has 0 aromatic carbocycles. The Morgan fingerprint density at radius 3 is 3.08 bits per heavy atom. The van der Waals surface area contributed by atoms with Crippen molar-refractivity contribution in [1.29, 1.82) is 0 Å². The van der Waals surface area contributed by atoms with Gasteiger partial charge in [-0.3, -0.25) is 4.98 Å². The van der Waals surface area contributed by atoms with Gasteiger partial charge in [-0.05, 0) is 18.6 Å². The molecule has 1 aromatic rings. The zero-order valence-electron chi connectivity index (χ0n) is 7.79. The molecule has 0 aliphatic carbocycles. The number of morpholine rings is 1. The topological polar surface area (TPSA) is 34.1 Å². The SMILES string of the molecule is Cc1ccc(C2CNCCO2)nc1. The molecule has 1 N–H and O–H groups in total. The van der Waals surface area contributed by atoms with Crippen LogP contribution in [0.4, 0.5) is 0 Å². The highest BCUT2D eigenvalue weighted by Crippen LogP contribution is 2.15. The first kappa shape index (κ1) is 8.66. The minimum Gasteiger partial charge on any atom is -0.369 e. The van der Waals surface area contributed by atoms with E-state index < -0.39 is 0 Å². The molecule has 13 heavy (non-hydrogen) atoms. The van der Waals surface area contributed by atoms with Gasteiger partial charge in [-0.25, -0.2) is 0 Å². The zero-order chi connectivity index (χ0) is 9.10. The van der Waals surface area contributed by atoms with Crippen LogP contribution in [0, 0.1) is 6.92 Å². The minimum absolute atomic E-state index is 0.134. The molecule has 0 bridgehead atoms. The highest BCUT2D eigenvalue weighted by atomic mass is 16.5. The second-order valence-corrected chi connectivity index (χ2v) is 3.32. The molecule has 1 saturated heterocycles. The molecular weight excluding hydrogens is 164 g/mol. The lowest BCUT2D eigenvalue weighted by Crippen LogP contribution is -2.33. The monoisotopic (exact) mass is 178 g/mol. The Bertz CT molecular complexity index is 265. The normalized spacial score (nSPS) is 23.0. The third kappa shape index (κ3) is 2.05. The molecule has 3 heteroatoms. The van der Waals surface area contributed by atoms with Gasteiger partial charge in [0.1, 0.15) is 6.10 Å². The number of aryl methyl sites for hydroxylation is 1. The Labute approximate surface area is 78.1 Å². The first-order chi connectivity index (χ1) is 6.36. The van der Waals surface area contributed by atoms with Gasteiger partial charge in [-0.1, -0.05) is 6.07 Å². The Morgan fingerprint density at radius 2 is 2.46 bits per heavy atom. The van der Waals surface area contributed by atoms with Crippen molar-refractivity contribution in [1.82, 2.24) is 10.3 Å². The summed E-state index contributed by atoms with van der Waals surface area (Å²) in [5, 5.41) is 3.28. The standard InChI is InChI=1S/C10H14N2O/c1-8-2-3-9(12-6-8)10-7-11-4-5-13-10/h2-3,6,10-11H,4-5,7H2,1H3. The lowest BCUT2D eigenvalue weighted by molar-refractivity contribution is 0.0250. The quantitative estimate of drug-likeness (QED) is 0.698. The van der Waals surface area contributed by atoms with E-state index in [9.17, 15) is 0 Å². The highest BCUT2D eigenvalue weighted by Gasteiger charge is 2.15. The van der Waals surface area contributed by atoms with E-state index in [4.69, 9.17) is 4.74 Å². The number of hydrogen-bond donors (Lipinski definition) is 1. The van der Waals surface area contributed by atoms with E-state index in [0.29, 0.717) is 0 Å². The highest BCUT2D eigenvalue weighted by molar-refractivity contribution is 5.14. The van der Waals surface area contributed by atoms with E-state index in [0.717, 1.165) is 25.4 Å². The summed E-state index contributed by atoms with van der Waals surface area (Å²) in [7, 11) is 0. The first-order valence-corrected chi connectivity index (χ1v) is 4.61. The molecule has 1 atom stereocenters. The van der Waals surface area contributed by atoms with Crippen LogP contribution in [0.25, 0.3) is 0 Å². The number of ether oxygens (including phenoxy) is 1. The second-order valence-electron chi connectivity index (χ2n) is 3.32. The predicted octanol–water partition coefficient (Wildman–Crippen LogP) is 1.05. The summed E-state index contributed by atoms with van der Waals surface area (Å²) in [6.07, 6.45) is 2.02. The molecule has 1 unspecified atom stereocenters. The molecule has 70 valence electrons. The fourth-order valence-corrected chi connectivity index (χ4v) is 1.43. The summed E-state index contributed by atoms with van der Waals surface area (Å²) >= 11 is 0. The van der Waals surface area contributed by atoms with Crippen molar-refractivity contribution in [2.24, 2.45) is 0 Å². The van der Waals surface area contributed by atoms with Crippen LogP contribution in [0.1, 0.15) is 17.4 Å². The van der Waals surface area contributed by atoms with Crippen molar-refractivity contribution in [3.8, 4) is 0 Å². The van der Waals surface area contributed by atoms with Crippen LogP contribution in [0.2, 0.25) is 0 Å². The minimum atomic E-state index is 0.134. The third-order valence-corrected chi connectivity index (χ3v) is 2.19. The van der Waals surface area contributed by atoms with Crippen LogP contribution in [-0.2, 0) is 4.74 Å². The van der Waals surface area contributed by atoms with Crippen molar-refractivity contribution < 1.29 is 4.74 Å². The van der Waals surface area contributed by atoms with Crippen molar-refractivity contribution in [3.05, 3.63) is 29.6 Å². The third-order valence-electron chi connectivity index (χ3n) is 2.19. The van der Waals surface area contributed by atoms with Gasteiger partial charge >= 0.3 is 0 Å². The number of pyridine rings is 1. The molecule has 0 radical (unpaired) electrons. The molecule has 2 rings (SSSR count). The Hall–Kier alpha value is -0.930. The molecule has 1 fully saturated rings. The Morgan fingerprint density at radius 1 is 1.54 bits per heavy atom. The van der Waals surface area contributed by atoms with E-state index in [-0.39, 0.29) is 6.10 Å². The smallest absolute Gasteiger partial charge is 0.112 e. The van der Waals surface area contributed by atoms with Gasteiger partial charge in [0.05, 0.1) is 12.3 Å². The fraction of sp³-hybridized carbons (Fsp3) is 0.500. The van der Waals surface area contributed by atoms with E-state index in [1.165, 1.54) is 5.56 Å². The molecule has 2 heterocycles. The van der Waals surface area contributed by atoms with Crippen molar-refractivity contribution in [3.63, 3.8) is 0 Å². The number of nitrogens with one attached hydrogen (secondary N) is 1. The zero-order valence-corrected chi connectivity index (χ0v) is 7.79. The maximum Gasteiger partial charge on any atom is 0.112 e. The Balaban J connectivity index is 2.10. The summed E-state index contributed by atoms with van der Waals surface area (Å²) in [5.74, 6) is 0. The first-order valence-electron chi connectivity index (χ1n) is 4.61. The molecular formula is C10H14N2O. The fourth-order valence-electron chi connectivity index (χ4n) is 1.43. The summed E-state index contributed by atoms with van der Waals surface area (Å²) in [6.45, 7) is 4.63. The predicted molar refractivity (Wildman–Crippen MR) is 50.5 cm³/mol. The van der Waals surface area contributed by atoms with Gasteiger partial charge in [0.15, 0.2) is 0 Å². The summed E-state index contributed by atoms with van der Waals surface area (Å²) in [5.41, 5.74) is 2.21. The van der Waals surface area contributed by atoms with Crippen LogP contribution in [-0.4, -0.2) is 24.7 Å². The number of rotatable bonds is 1. The van der Waals surface area contributed by atoms with Crippen LogP contribution < -0.4 is 5.32 Å². The van der Waals surface area contributed by atoms with E-state index in [2.05, 4.69) is 16.4 Å². The maximum atomic E-state index is 5.58. The molecule has 1 aliphatic rings. The van der Waals surface area contributed by atoms with Gasteiger partial charge < -0.3 is 10.1 Å². The maximum absolute atomic E-state index is 5.58. The number of nitrogens with zero attached hydrogens (tertiary/aromatic N) is 1. The van der Waals surface area contributed by atoms with Crippen LogP contribution in [0.15, 0.2) is 18.3 Å². The molecule has 1 aliphatic heterocycles. The lowest BCUT2D eigenvalue weighted by Gasteiger charge is -2.22. The average Bonchev–Trinajstić information content (AvgIpc) is 2.20. The molecule has 0 amide bonds. The van der Waals surface area contributed by atoms with Gasteiger partial charge in [0.25, 0.3) is 0 Å². The van der Waals surface area contributed by atoms with Gasteiger partial charge in [-0.2, -0.15) is 0 Å². The van der Waals surface area contributed by atoms with Crippen molar-refractivity contribution in [2.45, 2.75) is 13.0 Å². The summed E-state index contributed by atoms with van der Waals surface area (Å²) in [4.78, 5) is 4.34. The average molecular weight is 178 g/mol. The van der Waals surface area contributed by atoms with Crippen molar-refractivity contribution >= 4 is 0 Å². The van der Waals surface area contributed by atoms with E-state index >= 15 is 0 Å². The lowest BCUT2D eigenvalue weighted by atomic mass is 10.2. The molecule has 0 spiro atoms. The Kier molecular flexibility index (Phi) is 2.57. The van der Waals surface area contributed by atoms with Gasteiger partial charge in [0.2, 0.25) is 0 Å². The van der Waals surface area contributed by atoms with Crippen molar-refractivity contribution in [2.75, 3.05) is 19.7 Å². The summed E-state index contributed by atoms with van der Waals surface area (Å²) in [6, 6.07) is 4.10. The molecule has 0 saturated carbocycles. The number of aromatic nitrogens is 1. The largest absolute Gasteiger partial charge is 0.369 e. The van der Waals surface area contributed by atoms with E-state index in [1.807, 2.05) is 19.2 Å². The molecule has 1 aromatic heterocycles. The second kappa shape index (κ2) is 3.85. The van der Waals surface area contributed by atoms with Gasteiger partial charge in [-0.15, -0.1) is 0 Å². The molecule has 3 nitrogen and oxygen atoms in total. The summed E-state index contributed by atoms with van der Waals surface area (Å²) < 4.78 is 5.58. The van der Waals surface area contributed by atoms with Crippen LogP contribution in [0.5, 0.6) is 0 Å². The van der Waals surface area contributed by atoms with Crippen LogP contribution >= 0.6 is 0 Å².